The number of halogens is 2. The maximum absolute atomic E-state index is 13.0. The van der Waals surface area contributed by atoms with E-state index in [9.17, 15) is 4.39 Å². The van der Waals surface area contributed by atoms with Crippen LogP contribution in [0.5, 0.6) is 0 Å². The molecule has 0 bridgehead atoms. The summed E-state index contributed by atoms with van der Waals surface area (Å²) < 4.78 is 13.6. The van der Waals surface area contributed by atoms with Gasteiger partial charge in [-0.05, 0) is 46.5 Å². The molecular formula is C13H17BrFN. The normalized spacial score (nSPS) is 17.6. The summed E-state index contributed by atoms with van der Waals surface area (Å²) in [5.41, 5.74) is 1.14. The number of nitrogens with one attached hydrogen (secondary N) is 1. The van der Waals surface area contributed by atoms with Gasteiger partial charge in [0.25, 0.3) is 0 Å². The summed E-state index contributed by atoms with van der Waals surface area (Å²) in [5, 5.41) is 3.54. The molecule has 0 saturated heterocycles. The lowest BCUT2D eigenvalue weighted by molar-refractivity contribution is 0.372. The van der Waals surface area contributed by atoms with E-state index in [0.29, 0.717) is 10.5 Å². The van der Waals surface area contributed by atoms with Crippen LogP contribution in [0.25, 0.3) is 0 Å². The predicted molar refractivity (Wildman–Crippen MR) is 67.8 cm³/mol. The molecule has 0 unspecified atom stereocenters. The first-order valence-electron chi connectivity index (χ1n) is 5.93. The van der Waals surface area contributed by atoms with Gasteiger partial charge >= 0.3 is 0 Å². The Morgan fingerprint density at radius 2 is 2.00 bits per heavy atom. The highest BCUT2D eigenvalue weighted by molar-refractivity contribution is 9.10. The molecule has 3 heteroatoms. The largest absolute Gasteiger partial charge is 0.310 e. The van der Waals surface area contributed by atoms with Gasteiger partial charge < -0.3 is 5.32 Å². The lowest BCUT2D eigenvalue weighted by atomic mass is 9.95. The number of rotatable bonds is 3. The van der Waals surface area contributed by atoms with Crippen LogP contribution in [0.4, 0.5) is 4.39 Å². The minimum Gasteiger partial charge on any atom is -0.310 e. The van der Waals surface area contributed by atoms with Crippen molar-refractivity contribution in [2.24, 2.45) is 0 Å². The molecule has 2 rings (SSSR count). The summed E-state index contributed by atoms with van der Waals surface area (Å²) in [6.45, 7) is 0.837. The van der Waals surface area contributed by atoms with Crippen LogP contribution in [-0.4, -0.2) is 6.04 Å². The average molecular weight is 286 g/mol. The van der Waals surface area contributed by atoms with Crippen molar-refractivity contribution in [3.05, 3.63) is 34.1 Å². The molecule has 0 amide bonds. The second kappa shape index (κ2) is 5.78. The Labute approximate surface area is 105 Å². The topological polar surface area (TPSA) is 12.0 Å². The molecule has 1 aliphatic rings. The monoisotopic (exact) mass is 285 g/mol. The zero-order valence-corrected chi connectivity index (χ0v) is 10.9. The van der Waals surface area contributed by atoms with E-state index in [1.165, 1.54) is 38.2 Å². The Kier molecular flexibility index (Phi) is 4.36. The van der Waals surface area contributed by atoms with E-state index in [2.05, 4.69) is 21.2 Å². The van der Waals surface area contributed by atoms with Crippen LogP contribution in [0.3, 0.4) is 0 Å². The smallest absolute Gasteiger partial charge is 0.137 e. The number of hydrogen-bond donors (Lipinski definition) is 1. The van der Waals surface area contributed by atoms with Crippen molar-refractivity contribution in [2.75, 3.05) is 0 Å². The molecule has 1 nitrogen and oxygen atoms in total. The summed E-state index contributed by atoms with van der Waals surface area (Å²) in [6.07, 6.45) is 6.61. The third-order valence-electron chi connectivity index (χ3n) is 3.18. The van der Waals surface area contributed by atoms with Crippen molar-refractivity contribution >= 4 is 15.9 Å². The average Bonchev–Trinajstić information content (AvgIpc) is 2.32. The SMILES string of the molecule is Fc1ccc(CNC2CCCCC2)cc1Br. The van der Waals surface area contributed by atoms with Gasteiger partial charge in [-0.1, -0.05) is 25.3 Å². The number of hydrogen-bond acceptors (Lipinski definition) is 1. The van der Waals surface area contributed by atoms with Crippen molar-refractivity contribution in [3.63, 3.8) is 0 Å². The standard InChI is InChI=1S/C13H17BrFN/c14-12-8-10(6-7-13(12)15)9-16-11-4-2-1-3-5-11/h6-8,11,16H,1-5,9H2. The van der Waals surface area contributed by atoms with E-state index in [1.54, 1.807) is 0 Å². The molecule has 1 aromatic carbocycles. The lowest BCUT2D eigenvalue weighted by Gasteiger charge is -2.22. The van der Waals surface area contributed by atoms with Crippen molar-refractivity contribution in [1.29, 1.82) is 0 Å². The molecule has 1 aliphatic carbocycles. The summed E-state index contributed by atoms with van der Waals surface area (Å²) in [4.78, 5) is 0. The first-order chi connectivity index (χ1) is 7.75. The van der Waals surface area contributed by atoms with Gasteiger partial charge in [-0.15, -0.1) is 0 Å². The molecular weight excluding hydrogens is 269 g/mol. The fraction of sp³-hybridized carbons (Fsp3) is 0.538. The van der Waals surface area contributed by atoms with Crippen LogP contribution in [0, 0.1) is 5.82 Å². The third-order valence-corrected chi connectivity index (χ3v) is 3.79. The van der Waals surface area contributed by atoms with E-state index >= 15 is 0 Å². The zero-order chi connectivity index (χ0) is 11.4. The number of benzene rings is 1. The van der Waals surface area contributed by atoms with Gasteiger partial charge in [0.1, 0.15) is 5.82 Å². The molecule has 0 heterocycles. The molecule has 0 aromatic heterocycles. The van der Waals surface area contributed by atoms with E-state index < -0.39 is 0 Å². The maximum atomic E-state index is 13.0. The van der Waals surface area contributed by atoms with Crippen LogP contribution in [0.15, 0.2) is 22.7 Å². The van der Waals surface area contributed by atoms with Crippen molar-refractivity contribution < 1.29 is 4.39 Å². The fourth-order valence-corrected chi connectivity index (χ4v) is 2.64. The van der Waals surface area contributed by atoms with Gasteiger partial charge in [0.15, 0.2) is 0 Å². The molecule has 0 aliphatic heterocycles. The fourth-order valence-electron chi connectivity index (χ4n) is 2.22. The van der Waals surface area contributed by atoms with Gasteiger partial charge in [0.05, 0.1) is 4.47 Å². The van der Waals surface area contributed by atoms with Crippen LogP contribution in [-0.2, 0) is 6.54 Å². The summed E-state index contributed by atoms with van der Waals surface area (Å²) >= 11 is 3.21. The quantitative estimate of drug-likeness (QED) is 0.885. The summed E-state index contributed by atoms with van der Waals surface area (Å²) in [5.74, 6) is -0.193. The van der Waals surface area contributed by atoms with Crippen LogP contribution in [0.1, 0.15) is 37.7 Å². The third kappa shape index (κ3) is 3.29. The second-order valence-corrected chi connectivity index (χ2v) is 5.32. The molecule has 1 aromatic rings. The van der Waals surface area contributed by atoms with Gasteiger partial charge in [0, 0.05) is 12.6 Å². The van der Waals surface area contributed by atoms with Gasteiger partial charge in [0.2, 0.25) is 0 Å². The summed E-state index contributed by atoms with van der Waals surface area (Å²) in [6, 6.07) is 5.86. The molecule has 88 valence electrons. The van der Waals surface area contributed by atoms with Gasteiger partial charge in [-0.3, -0.25) is 0 Å². The van der Waals surface area contributed by atoms with Crippen LogP contribution < -0.4 is 5.32 Å². The Bertz CT molecular complexity index is 348. The van der Waals surface area contributed by atoms with E-state index in [4.69, 9.17) is 0 Å². The minimum absolute atomic E-state index is 0.193. The Morgan fingerprint density at radius 3 is 2.69 bits per heavy atom. The first kappa shape index (κ1) is 12.1. The van der Waals surface area contributed by atoms with Crippen molar-refractivity contribution in [2.45, 2.75) is 44.7 Å². The lowest BCUT2D eigenvalue weighted by Crippen LogP contribution is -2.30. The van der Waals surface area contributed by atoms with Gasteiger partial charge in [-0.2, -0.15) is 0 Å². The van der Waals surface area contributed by atoms with E-state index in [0.717, 1.165) is 12.1 Å². The minimum atomic E-state index is -0.193. The second-order valence-electron chi connectivity index (χ2n) is 4.46. The van der Waals surface area contributed by atoms with Gasteiger partial charge in [-0.25, -0.2) is 4.39 Å². The first-order valence-corrected chi connectivity index (χ1v) is 6.72. The zero-order valence-electron chi connectivity index (χ0n) is 9.31. The molecule has 0 atom stereocenters. The highest BCUT2D eigenvalue weighted by atomic mass is 79.9. The van der Waals surface area contributed by atoms with Crippen molar-refractivity contribution in [3.8, 4) is 0 Å². The molecule has 16 heavy (non-hydrogen) atoms. The van der Waals surface area contributed by atoms with Crippen LogP contribution in [0.2, 0.25) is 0 Å². The molecule has 1 fully saturated rings. The van der Waals surface area contributed by atoms with Crippen LogP contribution >= 0.6 is 15.9 Å². The molecule has 1 N–H and O–H groups in total. The maximum Gasteiger partial charge on any atom is 0.137 e. The van der Waals surface area contributed by atoms with E-state index in [-0.39, 0.29) is 5.82 Å². The Balaban J connectivity index is 1.86. The Hall–Kier alpha value is -0.410. The van der Waals surface area contributed by atoms with Crippen molar-refractivity contribution in [1.82, 2.24) is 5.32 Å². The molecule has 1 saturated carbocycles. The Morgan fingerprint density at radius 1 is 1.25 bits per heavy atom. The molecule has 0 spiro atoms. The highest BCUT2D eigenvalue weighted by Crippen LogP contribution is 2.19. The summed E-state index contributed by atoms with van der Waals surface area (Å²) in [7, 11) is 0. The predicted octanol–water partition coefficient (Wildman–Crippen LogP) is 4.01. The highest BCUT2D eigenvalue weighted by Gasteiger charge is 2.12. The van der Waals surface area contributed by atoms with E-state index in [1.807, 2.05) is 12.1 Å². The molecule has 0 radical (unpaired) electrons.